The van der Waals surface area contributed by atoms with E-state index in [0.29, 0.717) is 6.61 Å². The number of aryl methyl sites for hydroxylation is 1. The van der Waals surface area contributed by atoms with E-state index in [1.807, 2.05) is 6.92 Å². The summed E-state index contributed by atoms with van der Waals surface area (Å²) in [6, 6.07) is 12.4. The summed E-state index contributed by atoms with van der Waals surface area (Å²) in [6.45, 7) is 2.52. The Morgan fingerprint density at radius 3 is 1.91 bits per heavy atom. The number of carboxylic acid groups (broad SMARTS) is 2. The Bertz CT molecular complexity index is 952. The lowest BCUT2D eigenvalue weighted by molar-refractivity contribution is -0.159. The van der Waals surface area contributed by atoms with Crippen molar-refractivity contribution < 1.29 is 33.3 Å². The van der Waals surface area contributed by atoms with Crippen LogP contribution in [0.25, 0.3) is 0 Å². The van der Waals surface area contributed by atoms with E-state index in [1.54, 1.807) is 42.4 Å². The summed E-state index contributed by atoms with van der Waals surface area (Å²) < 4.78 is 32.5. The molecular weight excluding hydrogens is 442 g/mol. The van der Waals surface area contributed by atoms with E-state index in [4.69, 9.17) is 24.5 Å². The number of aromatic nitrogens is 2. The summed E-state index contributed by atoms with van der Waals surface area (Å²) in [4.78, 5) is 25.5. The van der Waals surface area contributed by atoms with Gasteiger partial charge < -0.3 is 19.9 Å². The van der Waals surface area contributed by atoms with Crippen LogP contribution in [-0.2, 0) is 20.1 Å². The number of carbonyl (C=O) groups is 2. The molecule has 0 saturated heterocycles. The number of ether oxygens (including phenoxy) is 1. The summed E-state index contributed by atoms with van der Waals surface area (Å²) in [7, 11) is 0. The molecule has 10 heteroatoms. The second-order valence-electron chi connectivity index (χ2n) is 6.49. The lowest BCUT2D eigenvalue weighted by atomic mass is 10.0. The average molecular weight is 464 g/mol. The van der Waals surface area contributed by atoms with Crippen LogP contribution >= 0.6 is 11.8 Å². The van der Waals surface area contributed by atoms with Gasteiger partial charge in [0.25, 0.3) is 0 Å². The number of halogens is 2. The topological polar surface area (TPSA) is 113 Å². The molecule has 0 saturated carbocycles. The zero-order chi connectivity index (χ0) is 23.5. The number of carboxylic acids is 2. The van der Waals surface area contributed by atoms with E-state index < -0.39 is 11.9 Å². The molecule has 0 spiro atoms. The van der Waals surface area contributed by atoms with E-state index in [1.165, 1.54) is 24.3 Å². The minimum atomic E-state index is -1.82. The molecule has 0 unspecified atom stereocenters. The zero-order valence-corrected chi connectivity index (χ0v) is 17.9. The molecule has 0 amide bonds. The average Bonchev–Trinajstić information content (AvgIpc) is 3.17. The van der Waals surface area contributed by atoms with Crippen LogP contribution in [-0.4, -0.2) is 44.5 Å². The minimum Gasteiger partial charge on any atom is -0.473 e. The molecule has 0 radical (unpaired) electrons. The van der Waals surface area contributed by atoms with Crippen LogP contribution in [0.2, 0.25) is 0 Å². The molecule has 1 heterocycles. The van der Waals surface area contributed by atoms with Crippen molar-refractivity contribution in [3.05, 3.63) is 89.0 Å². The molecular formula is C22H22F2N2O5S. The molecule has 0 aliphatic heterocycles. The van der Waals surface area contributed by atoms with Crippen molar-refractivity contribution in [1.29, 1.82) is 0 Å². The highest BCUT2D eigenvalue weighted by Gasteiger charge is 2.15. The fourth-order valence-electron chi connectivity index (χ4n) is 2.59. The van der Waals surface area contributed by atoms with Crippen molar-refractivity contribution in [1.82, 2.24) is 9.97 Å². The second-order valence-corrected chi connectivity index (χ2v) is 7.60. The summed E-state index contributed by atoms with van der Waals surface area (Å²) >= 11 is 1.73. The Kier molecular flexibility index (Phi) is 9.83. The maximum absolute atomic E-state index is 13.2. The van der Waals surface area contributed by atoms with Gasteiger partial charge in [0.2, 0.25) is 0 Å². The number of benzene rings is 2. The lowest BCUT2D eigenvalue weighted by Crippen LogP contribution is -2.09. The Labute approximate surface area is 187 Å². The number of hydrogen-bond donors (Lipinski definition) is 3. The number of nitrogens with zero attached hydrogens (tertiary/aromatic N) is 1. The highest BCUT2D eigenvalue weighted by molar-refractivity contribution is 7.98. The van der Waals surface area contributed by atoms with Gasteiger partial charge in [0, 0.05) is 17.2 Å². The van der Waals surface area contributed by atoms with E-state index >= 15 is 0 Å². The third kappa shape index (κ3) is 8.12. The fourth-order valence-corrected chi connectivity index (χ4v) is 3.43. The number of hydrogen-bond acceptors (Lipinski definition) is 5. The summed E-state index contributed by atoms with van der Waals surface area (Å²) in [5.74, 6) is -2.63. The number of aliphatic carboxylic acids is 2. The molecule has 0 atom stereocenters. The van der Waals surface area contributed by atoms with Crippen LogP contribution in [0.1, 0.15) is 28.6 Å². The first-order valence-corrected chi connectivity index (χ1v) is 10.6. The lowest BCUT2D eigenvalue weighted by Gasteiger charge is -2.19. The summed E-state index contributed by atoms with van der Waals surface area (Å²) in [6.07, 6.45) is 1.34. The molecule has 0 fully saturated rings. The SMILES string of the molecule is Cc1[nH]cnc1CSCCOC(c1ccc(F)cc1)c1ccc(F)cc1.O=C(O)C(=O)O. The Balaban J connectivity index is 0.000000534. The molecule has 1 aromatic heterocycles. The van der Waals surface area contributed by atoms with Crippen molar-refractivity contribution in [3.8, 4) is 0 Å². The van der Waals surface area contributed by atoms with Gasteiger partial charge in [-0.05, 0) is 42.3 Å². The fraction of sp³-hybridized carbons (Fsp3) is 0.227. The molecule has 0 aliphatic rings. The molecule has 3 N–H and O–H groups in total. The van der Waals surface area contributed by atoms with Gasteiger partial charge >= 0.3 is 11.9 Å². The predicted octanol–water partition coefficient (Wildman–Crippen LogP) is 4.19. The van der Waals surface area contributed by atoms with Crippen molar-refractivity contribution in [3.63, 3.8) is 0 Å². The number of aromatic amines is 1. The number of H-pyrrole nitrogens is 1. The molecule has 32 heavy (non-hydrogen) atoms. The standard InChI is InChI=1S/C20H20F2N2OS.C2H2O4/c1-14-19(24-13-23-14)12-26-11-10-25-20(15-2-6-17(21)7-3-15)16-4-8-18(22)9-5-16;3-1(4)2(5)6/h2-9,13,20H,10-12H2,1H3,(H,23,24);(H,3,4)(H,5,6). The largest absolute Gasteiger partial charge is 0.473 e. The van der Waals surface area contributed by atoms with Crippen LogP contribution in [0.15, 0.2) is 54.9 Å². The first-order chi connectivity index (χ1) is 15.3. The van der Waals surface area contributed by atoms with E-state index in [0.717, 1.165) is 34.0 Å². The van der Waals surface area contributed by atoms with Gasteiger partial charge in [0.05, 0.1) is 18.6 Å². The van der Waals surface area contributed by atoms with Gasteiger partial charge in [0.1, 0.15) is 17.7 Å². The Hall–Kier alpha value is -3.24. The van der Waals surface area contributed by atoms with Crippen LogP contribution in [0.5, 0.6) is 0 Å². The quantitative estimate of drug-likeness (QED) is 0.338. The van der Waals surface area contributed by atoms with Crippen molar-refractivity contribution in [2.75, 3.05) is 12.4 Å². The number of thioether (sulfide) groups is 1. The first kappa shape index (κ1) is 25.0. The number of rotatable bonds is 8. The van der Waals surface area contributed by atoms with Crippen LogP contribution in [0.4, 0.5) is 8.78 Å². The highest BCUT2D eigenvalue weighted by Crippen LogP contribution is 2.27. The molecule has 0 bridgehead atoms. The number of imidazole rings is 1. The van der Waals surface area contributed by atoms with Crippen molar-refractivity contribution in [2.24, 2.45) is 0 Å². The highest BCUT2D eigenvalue weighted by atomic mass is 32.2. The summed E-state index contributed by atoms with van der Waals surface area (Å²) in [5.41, 5.74) is 3.80. The molecule has 170 valence electrons. The second kappa shape index (κ2) is 12.6. The van der Waals surface area contributed by atoms with Gasteiger partial charge in [-0.25, -0.2) is 23.4 Å². The van der Waals surface area contributed by atoms with Gasteiger partial charge in [-0.3, -0.25) is 0 Å². The van der Waals surface area contributed by atoms with E-state index in [-0.39, 0.29) is 17.7 Å². The third-order valence-corrected chi connectivity index (χ3v) is 5.15. The molecule has 0 aliphatic carbocycles. The molecule has 3 aromatic rings. The van der Waals surface area contributed by atoms with Crippen LogP contribution < -0.4 is 0 Å². The van der Waals surface area contributed by atoms with Crippen LogP contribution in [0, 0.1) is 18.6 Å². The predicted molar refractivity (Wildman–Crippen MR) is 115 cm³/mol. The maximum atomic E-state index is 13.2. The minimum absolute atomic E-state index is 0.295. The first-order valence-electron chi connectivity index (χ1n) is 9.43. The summed E-state index contributed by atoms with van der Waals surface area (Å²) in [5, 5.41) is 14.8. The molecule has 2 aromatic carbocycles. The molecule has 3 rings (SSSR count). The monoisotopic (exact) mass is 464 g/mol. The third-order valence-electron chi connectivity index (χ3n) is 4.21. The zero-order valence-electron chi connectivity index (χ0n) is 17.1. The Morgan fingerprint density at radius 1 is 1.00 bits per heavy atom. The van der Waals surface area contributed by atoms with Gasteiger partial charge in [-0.2, -0.15) is 11.8 Å². The number of nitrogens with one attached hydrogen (secondary N) is 1. The van der Waals surface area contributed by atoms with Crippen molar-refractivity contribution in [2.45, 2.75) is 18.8 Å². The smallest absolute Gasteiger partial charge is 0.414 e. The van der Waals surface area contributed by atoms with Gasteiger partial charge in [0.15, 0.2) is 0 Å². The van der Waals surface area contributed by atoms with Crippen molar-refractivity contribution >= 4 is 23.7 Å². The maximum Gasteiger partial charge on any atom is 0.414 e. The van der Waals surface area contributed by atoms with Gasteiger partial charge in [-0.15, -0.1) is 0 Å². The van der Waals surface area contributed by atoms with Crippen LogP contribution in [0.3, 0.4) is 0 Å². The normalized spacial score (nSPS) is 10.5. The van der Waals surface area contributed by atoms with E-state index in [2.05, 4.69) is 9.97 Å². The molecule has 7 nitrogen and oxygen atoms in total. The van der Waals surface area contributed by atoms with Gasteiger partial charge in [-0.1, -0.05) is 24.3 Å². The van der Waals surface area contributed by atoms with E-state index in [9.17, 15) is 8.78 Å². The Morgan fingerprint density at radius 2 is 1.50 bits per heavy atom.